The van der Waals surface area contributed by atoms with E-state index >= 15 is 0 Å². The van der Waals surface area contributed by atoms with E-state index in [1.54, 1.807) is 23.1 Å². The number of aromatic nitrogens is 4. The van der Waals surface area contributed by atoms with Gasteiger partial charge in [0.25, 0.3) is 12.0 Å². The van der Waals surface area contributed by atoms with E-state index in [0.717, 1.165) is 25.6 Å². The van der Waals surface area contributed by atoms with Crippen LogP contribution < -0.4 is 10.3 Å². The van der Waals surface area contributed by atoms with E-state index < -0.39 is 13.0 Å². The summed E-state index contributed by atoms with van der Waals surface area (Å²) in [4.78, 5) is 38.4. The average Bonchev–Trinajstić information content (AvgIpc) is 3.70. The molecule has 0 bridgehead atoms. The summed E-state index contributed by atoms with van der Waals surface area (Å²) < 4.78 is 31.7. The van der Waals surface area contributed by atoms with Gasteiger partial charge in [-0.3, -0.25) is 14.5 Å². The Labute approximate surface area is 234 Å². The van der Waals surface area contributed by atoms with Gasteiger partial charge in [0.05, 0.1) is 34.1 Å². The molecule has 2 aromatic heterocycles. The predicted molar refractivity (Wildman–Crippen MR) is 147 cm³/mol. The van der Waals surface area contributed by atoms with Crippen LogP contribution in [0.25, 0.3) is 21.8 Å². The monoisotopic (exact) mass is 561 g/mol. The van der Waals surface area contributed by atoms with Gasteiger partial charge < -0.3 is 14.6 Å². The highest BCUT2D eigenvalue weighted by Gasteiger charge is 2.28. The first-order chi connectivity index (χ1) is 19.9. The number of carbonyl (C=O) groups excluding carboxylic acids is 1. The molecule has 3 heterocycles. The molecule has 1 amide bonds. The molecule has 0 radical (unpaired) electrons. The van der Waals surface area contributed by atoms with Crippen molar-refractivity contribution in [2.45, 2.75) is 32.2 Å². The van der Waals surface area contributed by atoms with Crippen LogP contribution in [0.4, 0.5) is 8.78 Å². The van der Waals surface area contributed by atoms with Gasteiger partial charge in [0.15, 0.2) is 0 Å². The van der Waals surface area contributed by atoms with E-state index in [0.29, 0.717) is 46.4 Å². The quantitative estimate of drug-likeness (QED) is 0.334. The largest absolute Gasteiger partial charge is 0.486 e. The van der Waals surface area contributed by atoms with Gasteiger partial charge in [-0.15, -0.1) is 0 Å². The maximum absolute atomic E-state index is 13.3. The second-order valence-electron chi connectivity index (χ2n) is 10.6. The normalized spacial score (nSPS) is 16.0. The van der Waals surface area contributed by atoms with E-state index in [9.17, 15) is 23.6 Å². The lowest BCUT2D eigenvalue weighted by Crippen LogP contribution is -2.50. The number of nitrogens with one attached hydrogen (secondary N) is 1. The molecule has 2 aliphatic rings. The van der Waals surface area contributed by atoms with Gasteiger partial charge in [-0.2, -0.15) is 10.4 Å². The molecule has 41 heavy (non-hydrogen) atoms. The van der Waals surface area contributed by atoms with E-state index in [4.69, 9.17) is 4.74 Å². The summed E-state index contributed by atoms with van der Waals surface area (Å²) in [5.74, 6) is 1.19. The summed E-state index contributed by atoms with van der Waals surface area (Å²) in [5.41, 5.74) is 1.30. The van der Waals surface area contributed by atoms with Gasteiger partial charge in [0.1, 0.15) is 30.8 Å². The van der Waals surface area contributed by atoms with Crippen molar-refractivity contribution in [2.75, 3.05) is 39.3 Å². The van der Waals surface area contributed by atoms with Gasteiger partial charge in [-0.1, -0.05) is 18.2 Å². The third kappa shape index (κ3) is 5.90. The lowest BCUT2D eigenvalue weighted by molar-refractivity contribution is -0.133. The van der Waals surface area contributed by atoms with E-state index in [1.165, 1.54) is 29.7 Å². The second-order valence-corrected chi connectivity index (χ2v) is 10.6. The van der Waals surface area contributed by atoms with Gasteiger partial charge >= 0.3 is 0 Å². The summed E-state index contributed by atoms with van der Waals surface area (Å²) >= 11 is 0. The van der Waals surface area contributed by atoms with Crippen LogP contribution in [0, 0.1) is 17.2 Å². The molecule has 2 fully saturated rings. The molecule has 0 spiro atoms. The first-order valence-corrected chi connectivity index (χ1v) is 13.7. The molecule has 1 saturated heterocycles. The van der Waals surface area contributed by atoms with E-state index in [1.807, 2.05) is 12.1 Å². The highest BCUT2D eigenvalue weighted by Crippen LogP contribution is 2.30. The van der Waals surface area contributed by atoms with Crippen LogP contribution in [0.1, 0.15) is 29.9 Å². The fraction of sp³-hybridized carbons (Fsp3) is 0.414. The molecule has 212 valence electrons. The fourth-order valence-electron chi connectivity index (χ4n) is 5.31. The molecule has 1 N–H and O–H groups in total. The third-order valence-electron chi connectivity index (χ3n) is 7.62. The molecule has 1 aliphatic carbocycles. The first-order valence-electron chi connectivity index (χ1n) is 13.7. The molecule has 6 rings (SSSR count). The minimum absolute atomic E-state index is 0.0300. The van der Waals surface area contributed by atoms with Gasteiger partial charge in [-0.05, 0) is 30.9 Å². The second kappa shape index (κ2) is 11.2. The SMILES string of the molecule is N#Cc1cc2[nH]c(Cc3nn(CC(=O)N4CCN(CC5CC5)CC4)c(=O)c4ccccc34)nc2cc1OCC(F)F. The van der Waals surface area contributed by atoms with Crippen LogP contribution in [-0.2, 0) is 17.8 Å². The Hall–Kier alpha value is -4.37. The third-order valence-corrected chi connectivity index (χ3v) is 7.62. The number of piperazine rings is 1. The minimum Gasteiger partial charge on any atom is -0.486 e. The fourth-order valence-corrected chi connectivity index (χ4v) is 5.31. The molecule has 0 atom stereocenters. The number of imidazole rings is 1. The van der Waals surface area contributed by atoms with Crippen LogP contribution in [0.15, 0.2) is 41.2 Å². The number of rotatable bonds is 9. The highest BCUT2D eigenvalue weighted by molar-refractivity contribution is 5.85. The number of nitrogens with zero attached hydrogens (tertiary/aromatic N) is 6. The van der Waals surface area contributed by atoms with Crippen LogP contribution in [0.2, 0.25) is 0 Å². The standard InChI is InChI=1S/C29H29F2N7O3/c30-26(31)17-41-25-12-24-23(11-19(25)14-32)33-27(34-24)13-22-20-3-1-2-4-21(20)29(40)38(35-22)16-28(39)37-9-7-36(8-10-37)15-18-5-6-18/h1-4,11-12,18,26H,5-10,13,15-17H2,(H,33,34). The van der Waals surface area contributed by atoms with Crippen molar-refractivity contribution in [1.82, 2.24) is 29.5 Å². The van der Waals surface area contributed by atoms with Crippen LogP contribution in [0.5, 0.6) is 5.75 Å². The number of hydrogen-bond acceptors (Lipinski definition) is 7. The number of H-pyrrole nitrogens is 1. The number of halogens is 2. The molecule has 10 nitrogen and oxygen atoms in total. The van der Waals surface area contributed by atoms with Crippen molar-refractivity contribution in [3.63, 3.8) is 0 Å². The zero-order valence-electron chi connectivity index (χ0n) is 22.4. The number of ether oxygens (including phenoxy) is 1. The maximum atomic E-state index is 13.3. The summed E-state index contributed by atoms with van der Waals surface area (Å²) in [6.07, 6.45) is 0.123. The van der Waals surface area contributed by atoms with Crippen molar-refractivity contribution in [3.8, 4) is 11.8 Å². The number of alkyl halides is 2. The number of carbonyl (C=O) groups is 1. The molecule has 2 aromatic carbocycles. The van der Waals surface area contributed by atoms with Crippen molar-refractivity contribution >= 4 is 27.7 Å². The van der Waals surface area contributed by atoms with Crippen LogP contribution in [0.3, 0.4) is 0 Å². The Kier molecular flexibility index (Phi) is 7.36. The predicted octanol–water partition coefficient (Wildman–Crippen LogP) is 2.93. The van der Waals surface area contributed by atoms with Gasteiger partial charge in [-0.25, -0.2) is 18.4 Å². The smallest absolute Gasteiger partial charge is 0.275 e. The van der Waals surface area contributed by atoms with Crippen LogP contribution >= 0.6 is 0 Å². The minimum atomic E-state index is -2.68. The number of nitriles is 1. The lowest BCUT2D eigenvalue weighted by Gasteiger charge is -2.34. The zero-order chi connectivity index (χ0) is 28.5. The Balaban J connectivity index is 1.25. The summed E-state index contributed by atoms with van der Waals surface area (Å²) in [5, 5.41) is 15.1. The van der Waals surface area contributed by atoms with E-state index in [2.05, 4.69) is 20.0 Å². The number of fused-ring (bicyclic) bond motifs is 2. The average molecular weight is 562 g/mol. The summed E-state index contributed by atoms with van der Waals surface area (Å²) in [6.45, 7) is 3.05. The highest BCUT2D eigenvalue weighted by atomic mass is 19.3. The molecule has 4 aromatic rings. The van der Waals surface area contributed by atoms with Gasteiger partial charge in [0.2, 0.25) is 5.91 Å². The zero-order valence-corrected chi connectivity index (χ0v) is 22.4. The molecular formula is C29H29F2N7O3. The molecule has 12 heteroatoms. The Bertz CT molecular complexity index is 1700. The molecular weight excluding hydrogens is 532 g/mol. The van der Waals surface area contributed by atoms with E-state index in [-0.39, 0.29) is 35.7 Å². The number of benzene rings is 2. The van der Waals surface area contributed by atoms with Crippen molar-refractivity contribution in [1.29, 1.82) is 5.26 Å². The van der Waals surface area contributed by atoms with Crippen molar-refractivity contribution in [2.24, 2.45) is 5.92 Å². The first kappa shape index (κ1) is 26.8. The number of aromatic amines is 1. The molecule has 1 aliphatic heterocycles. The molecule has 1 saturated carbocycles. The summed E-state index contributed by atoms with van der Waals surface area (Å²) in [6, 6.07) is 12.0. The molecule has 0 unspecified atom stereocenters. The maximum Gasteiger partial charge on any atom is 0.275 e. The lowest BCUT2D eigenvalue weighted by atomic mass is 10.1. The van der Waals surface area contributed by atoms with Crippen LogP contribution in [-0.4, -0.2) is 81.2 Å². The Morgan fingerprint density at radius 1 is 1.15 bits per heavy atom. The number of hydrogen-bond donors (Lipinski definition) is 1. The van der Waals surface area contributed by atoms with Crippen molar-refractivity contribution < 1.29 is 18.3 Å². The van der Waals surface area contributed by atoms with Crippen molar-refractivity contribution in [3.05, 3.63) is 63.8 Å². The Morgan fingerprint density at radius 3 is 2.61 bits per heavy atom. The van der Waals surface area contributed by atoms with Gasteiger partial charge in [0, 0.05) is 44.2 Å². The number of amides is 1. The Morgan fingerprint density at radius 2 is 1.90 bits per heavy atom. The topological polar surface area (TPSA) is 120 Å². The summed E-state index contributed by atoms with van der Waals surface area (Å²) in [7, 11) is 0.